The highest BCUT2D eigenvalue weighted by Gasteiger charge is 2.10. The van der Waals surface area contributed by atoms with Gasteiger partial charge in [-0.25, -0.2) is 0 Å². The van der Waals surface area contributed by atoms with E-state index in [-0.39, 0.29) is 0 Å². The average molecular weight is 693 g/mol. The summed E-state index contributed by atoms with van der Waals surface area (Å²) in [6.45, 7) is 19.4. The maximum atomic E-state index is 5.82. The quantitative estimate of drug-likeness (QED) is 0.0615. The van der Waals surface area contributed by atoms with Crippen molar-refractivity contribution in [2.45, 2.75) is 143 Å². The highest BCUT2D eigenvalue weighted by Crippen LogP contribution is 2.30. The SMILES string of the molecule is CC(C)=CCC/C(C)=C/CC/C(C)=C/CC/C(C)=C/C(C/C(C)=C\CC/C(C)=C/CC/C(C)=C/COCc1ccccc1)Sc1ccccc1. The van der Waals surface area contributed by atoms with Gasteiger partial charge in [0.1, 0.15) is 0 Å². The molecule has 0 saturated carbocycles. The van der Waals surface area contributed by atoms with Gasteiger partial charge in [0.05, 0.1) is 13.2 Å². The standard InChI is InChI=1S/C48H68OS/c1-39(2)20-15-21-40(3)22-16-23-41(4)25-18-28-44(7)36-48(50-47-32-13-10-14-33-47)37-45(8)29-19-26-42(5)24-17-27-43(6)34-35-49-38-46-30-11-9-12-31-46/h9-14,20,22,24-25,29-34,36,48H,15-19,21,23,26-28,35,37-38H2,1-8H3/b40-22+,41-25+,42-24+,43-34+,44-36+,45-29-. The second-order valence-electron chi connectivity index (χ2n) is 14.4. The number of hydrogen-bond donors (Lipinski definition) is 0. The Hall–Kier alpha value is -3.07. The molecule has 0 amide bonds. The van der Waals surface area contributed by atoms with Crippen molar-refractivity contribution in [1.29, 1.82) is 0 Å². The van der Waals surface area contributed by atoms with Crippen molar-refractivity contribution in [2.75, 3.05) is 6.61 Å². The molecule has 1 atom stereocenters. The van der Waals surface area contributed by atoms with Crippen molar-refractivity contribution in [1.82, 2.24) is 0 Å². The fourth-order valence-corrected chi connectivity index (χ4v) is 7.05. The van der Waals surface area contributed by atoms with Gasteiger partial charge < -0.3 is 4.74 Å². The van der Waals surface area contributed by atoms with E-state index in [9.17, 15) is 0 Å². The number of thioether (sulfide) groups is 1. The van der Waals surface area contributed by atoms with Crippen LogP contribution < -0.4 is 0 Å². The smallest absolute Gasteiger partial charge is 0.0721 e. The summed E-state index contributed by atoms with van der Waals surface area (Å²) in [4.78, 5) is 1.35. The molecular formula is C48H68OS. The minimum atomic E-state index is 0.446. The Morgan fingerprint density at radius 2 is 0.960 bits per heavy atom. The van der Waals surface area contributed by atoms with Crippen LogP contribution in [0, 0.1) is 0 Å². The lowest BCUT2D eigenvalue weighted by Crippen LogP contribution is -2.01. The van der Waals surface area contributed by atoms with Gasteiger partial charge in [-0.1, -0.05) is 130 Å². The third-order valence-electron chi connectivity index (χ3n) is 8.90. The van der Waals surface area contributed by atoms with Crippen LogP contribution in [0.3, 0.4) is 0 Å². The third-order valence-corrected chi connectivity index (χ3v) is 10.1. The van der Waals surface area contributed by atoms with Crippen LogP contribution in [0.25, 0.3) is 0 Å². The molecule has 0 radical (unpaired) electrons. The molecule has 0 spiro atoms. The number of ether oxygens (including phenoxy) is 1. The number of hydrogen-bond acceptors (Lipinski definition) is 2. The summed E-state index contributed by atoms with van der Waals surface area (Å²) in [6.07, 6.45) is 29.3. The molecule has 0 aliphatic heterocycles. The van der Waals surface area contributed by atoms with Crippen LogP contribution >= 0.6 is 11.8 Å². The van der Waals surface area contributed by atoms with Gasteiger partial charge in [-0.2, -0.15) is 0 Å². The number of benzene rings is 2. The molecule has 0 fully saturated rings. The Morgan fingerprint density at radius 3 is 1.48 bits per heavy atom. The van der Waals surface area contributed by atoms with E-state index in [4.69, 9.17) is 4.74 Å². The summed E-state index contributed by atoms with van der Waals surface area (Å²) < 4.78 is 5.82. The molecule has 1 nitrogen and oxygen atoms in total. The van der Waals surface area contributed by atoms with Crippen LogP contribution in [0.2, 0.25) is 0 Å². The molecule has 0 aliphatic rings. The minimum absolute atomic E-state index is 0.446. The summed E-state index contributed by atoms with van der Waals surface area (Å²) in [6, 6.07) is 21.3. The van der Waals surface area contributed by atoms with Crippen LogP contribution in [0.1, 0.15) is 132 Å². The molecule has 0 bridgehead atoms. The topological polar surface area (TPSA) is 9.23 Å². The fraction of sp³-hybridized carbons (Fsp3) is 0.458. The highest BCUT2D eigenvalue weighted by atomic mass is 32.2. The lowest BCUT2D eigenvalue weighted by molar-refractivity contribution is 0.148. The first-order chi connectivity index (χ1) is 24.1. The summed E-state index contributed by atoms with van der Waals surface area (Å²) in [5.41, 5.74) is 11.5. The molecule has 0 heterocycles. The normalized spacial score (nSPS) is 14.2. The van der Waals surface area contributed by atoms with E-state index in [2.05, 4.69) is 153 Å². The Bertz CT molecular complexity index is 1430. The van der Waals surface area contributed by atoms with Crippen molar-refractivity contribution < 1.29 is 4.74 Å². The molecule has 2 aromatic rings. The molecule has 2 aromatic carbocycles. The van der Waals surface area contributed by atoms with Gasteiger partial charge in [0.25, 0.3) is 0 Å². The predicted octanol–water partition coefficient (Wildman–Crippen LogP) is 15.3. The lowest BCUT2D eigenvalue weighted by Gasteiger charge is -2.15. The Morgan fingerprint density at radius 1 is 0.520 bits per heavy atom. The molecule has 2 heteroatoms. The van der Waals surface area contributed by atoms with E-state index in [0.29, 0.717) is 18.5 Å². The van der Waals surface area contributed by atoms with E-state index in [1.165, 1.54) is 55.9 Å². The third kappa shape index (κ3) is 22.6. The molecule has 0 aliphatic carbocycles. The van der Waals surface area contributed by atoms with Crippen molar-refractivity contribution in [3.63, 3.8) is 0 Å². The van der Waals surface area contributed by atoms with Crippen LogP contribution in [0.4, 0.5) is 0 Å². The van der Waals surface area contributed by atoms with E-state index in [1.54, 1.807) is 0 Å². The lowest BCUT2D eigenvalue weighted by atomic mass is 10.0. The molecule has 1 unspecified atom stereocenters. The van der Waals surface area contributed by atoms with Crippen molar-refractivity contribution in [3.05, 3.63) is 148 Å². The second-order valence-corrected chi connectivity index (χ2v) is 15.7. The first-order valence-electron chi connectivity index (χ1n) is 19.0. The molecule has 0 saturated heterocycles. The molecule has 0 aromatic heterocycles. The number of allylic oxidation sites excluding steroid dienone is 12. The van der Waals surface area contributed by atoms with Crippen molar-refractivity contribution in [3.8, 4) is 0 Å². The average Bonchev–Trinajstić information content (AvgIpc) is 3.07. The zero-order chi connectivity index (χ0) is 36.4. The van der Waals surface area contributed by atoms with Gasteiger partial charge in [0.2, 0.25) is 0 Å². The van der Waals surface area contributed by atoms with Crippen LogP contribution in [-0.2, 0) is 11.3 Å². The first-order valence-corrected chi connectivity index (χ1v) is 19.9. The summed E-state index contributed by atoms with van der Waals surface area (Å²) in [7, 11) is 0. The molecule has 2 rings (SSSR count). The summed E-state index contributed by atoms with van der Waals surface area (Å²) in [5.74, 6) is 0. The minimum Gasteiger partial charge on any atom is -0.373 e. The Kier molecular flexibility index (Phi) is 23.0. The molecule has 50 heavy (non-hydrogen) atoms. The zero-order valence-electron chi connectivity index (χ0n) is 32.9. The summed E-state index contributed by atoms with van der Waals surface area (Å²) >= 11 is 2.00. The molecular weight excluding hydrogens is 625 g/mol. The van der Waals surface area contributed by atoms with Gasteiger partial charge in [-0.05, 0) is 144 Å². The van der Waals surface area contributed by atoms with Crippen molar-refractivity contribution in [2.24, 2.45) is 0 Å². The fourth-order valence-electron chi connectivity index (χ4n) is 5.74. The first kappa shape index (κ1) is 43.1. The zero-order valence-corrected chi connectivity index (χ0v) is 33.7. The van der Waals surface area contributed by atoms with Crippen LogP contribution in [0.5, 0.6) is 0 Å². The monoisotopic (exact) mass is 692 g/mol. The van der Waals surface area contributed by atoms with Crippen LogP contribution in [0.15, 0.2) is 147 Å². The van der Waals surface area contributed by atoms with Crippen LogP contribution in [-0.4, -0.2) is 11.9 Å². The maximum absolute atomic E-state index is 5.82. The van der Waals surface area contributed by atoms with Gasteiger partial charge in [-0.3, -0.25) is 0 Å². The van der Waals surface area contributed by atoms with E-state index < -0.39 is 0 Å². The largest absolute Gasteiger partial charge is 0.373 e. The second kappa shape index (κ2) is 26.7. The van der Waals surface area contributed by atoms with Gasteiger partial charge >= 0.3 is 0 Å². The molecule has 272 valence electrons. The van der Waals surface area contributed by atoms with E-state index in [1.807, 2.05) is 17.8 Å². The van der Waals surface area contributed by atoms with E-state index >= 15 is 0 Å². The van der Waals surface area contributed by atoms with Gasteiger partial charge in [0, 0.05) is 10.1 Å². The van der Waals surface area contributed by atoms with Gasteiger partial charge in [0.15, 0.2) is 0 Å². The predicted molar refractivity (Wildman–Crippen MR) is 225 cm³/mol. The van der Waals surface area contributed by atoms with Crippen molar-refractivity contribution >= 4 is 11.8 Å². The summed E-state index contributed by atoms with van der Waals surface area (Å²) in [5, 5.41) is 0.446. The number of rotatable bonds is 24. The highest BCUT2D eigenvalue weighted by molar-refractivity contribution is 8.00. The van der Waals surface area contributed by atoms with Gasteiger partial charge in [-0.15, -0.1) is 11.8 Å². The maximum Gasteiger partial charge on any atom is 0.0721 e. The molecule has 0 N–H and O–H groups in total. The van der Waals surface area contributed by atoms with E-state index in [0.717, 1.165) is 64.2 Å². The Balaban J connectivity index is 1.81. The Labute approximate surface area is 312 Å².